The molecule has 194 valence electrons. The van der Waals surface area contributed by atoms with Crippen LogP contribution in [0.4, 0.5) is 11.4 Å². The maximum absolute atomic E-state index is 13.8. The summed E-state index contributed by atoms with van der Waals surface area (Å²) in [5, 5.41) is 10.9. The van der Waals surface area contributed by atoms with Crippen LogP contribution in [0.3, 0.4) is 0 Å². The van der Waals surface area contributed by atoms with Gasteiger partial charge in [0.2, 0.25) is 11.8 Å². The second-order valence-corrected chi connectivity index (χ2v) is 10.1. The van der Waals surface area contributed by atoms with E-state index >= 15 is 0 Å². The van der Waals surface area contributed by atoms with E-state index in [1.807, 2.05) is 68.4 Å². The summed E-state index contributed by atoms with van der Waals surface area (Å²) in [6, 6.07) is 20.0. The van der Waals surface area contributed by atoms with E-state index < -0.39 is 6.04 Å². The van der Waals surface area contributed by atoms with E-state index in [0.29, 0.717) is 23.2 Å². The van der Waals surface area contributed by atoms with E-state index in [4.69, 9.17) is 0 Å². The molecule has 0 aliphatic carbocycles. The number of anilines is 2. The molecule has 3 heterocycles. The summed E-state index contributed by atoms with van der Waals surface area (Å²) in [6.45, 7) is 6.08. The largest absolute Gasteiger partial charge is 0.370 e. The van der Waals surface area contributed by atoms with Crippen LogP contribution in [0.25, 0.3) is 10.8 Å². The summed E-state index contributed by atoms with van der Waals surface area (Å²) in [5.74, 6) is -0.0339. The average Bonchev–Trinajstić information content (AvgIpc) is 2.90. The lowest BCUT2D eigenvalue weighted by atomic mass is 9.89. The minimum absolute atomic E-state index is 0.0226. The molecule has 2 aliphatic rings. The zero-order valence-electron chi connectivity index (χ0n) is 21.8. The molecule has 7 nitrogen and oxygen atoms in total. The molecule has 3 aromatic carbocycles. The summed E-state index contributed by atoms with van der Waals surface area (Å²) in [6.07, 6.45) is 2.76. The molecule has 4 aromatic rings. The number of rotatable bonds is 2. The van der Waals surface area contributed by atoms with E-state index in [2.05, 4.69) is 33.9 Å². The normalized spacial score (nSPS) is 20.1. The molecular formula is C31H32N4O3. The SMILES string of the molecule is Cc1cc2ccc1[C@@H](C)CCC(=O)Nc1cccc(c1)[C@@H](C)NC(=O)[C@@H]2Nc1ccc2cc[nH]c(=O)c2c1. The summed E-state index contributed by atoms with van der Waals surface area (Å²) in [7, 11) is 0. The molecule has 0 saturated carbocycles. The summed E-state index contributed by atoms with van der Waals surface area (Å²) in [4.78, 5) is 41.5. The van der Waals surface area contributed by atoms with Crippen molar-refractivity contribution in [3.05, 3.63) is 106 Å². The Labute approximate surface area is 221 Å². The molecule has 0 unspecified atom stereocenters. The Kier molecular flexibility index (Phi) is 7.01. The van der Waals surface area contributed by atoms with Crippen molar-refractivity contribution in [1.82, 2.24) is 10.3 Å². The molecule has 3 atom stereocenters. The standard InChI is InChI=1S/C31H32N4O3/c1-18-7-12-28(36)34-24-6-4-5-22(16-24)20(3)33-31(38)29(23-9-11-26(18)19(2)15-23)35-25-10-8-21-13-14-32-30(37)27(21)17-25/h4-6,8-11,13-18,20,29,35H,7,12H2,1-3H3,(H,32,37)(H,33,38)(H,34,36)/t18-,20+,29+/m0/s1. The molecule has 0 spiro atoms. The number of nitrogens with one attached hydrogen (secondary N) is 4. The maximum atomic E-state index is 13.8. The fourth-order valence-corrected chi connectivity index (χ4v) is 5.16. The molecule has 2 amide bonds. The number of fused-ring (bicyclic) bond motifs is 10. The summed E-state index contributed by atoms with van der Waals surface area (Å²) >= 11 is 0. The van der Waals surface area contributed by atoms with E-state index in [1.54, 1.807) is 12.3 Å². The van der Waals surface area contributed by atoms with Crippen molar-refractivity contribution in [1.29, 1.82) is 0 Å². The van der Waals surface area contributed by atoms with Gasteiger partial charge in [0.25, 0.3) is 5.56 Å². The monoisotopic (exact) mass is 508 g/mol. The minimum Gasteiger partial charge on any atom is -0.370 e. The van der Waals surface area contributed by atoms with Gasteiger partial charge in [-0.15, -0.1) is 0 Å². The van der Waals surface area contributed by atoms with E-state index in [1.165, 1.54) is 0 Å². The van der Waals surface area contributed by atoms with Gasteiger partial charge in [0.05, 0.1) is 6.04 Å². The second-order valence-electron chi connectivity index (χ2n) is 10.1. The lowest BCUT2D eigenvalue weighted by Crippen LogP contribution is -2.35. The van der Waals surface area contributed by atoms with Crippen molar-refractivity contribution in [3.63, 3.8) is 0 Å². The van der Waals surface area contributed by atoms with Gasteiger partial charge in [-0.25, -0.2) is 0 Å². The number of carbonyl (C=O) groups excluding carboxylic acids is 2. The number of aryl methyl sites for hydroxylation is 1. The van der Waals surface area contributed by atoms with Crippen LogP contribution in [0.15, 0.2) is 77.7 Å². The van der Waals surface area contributed by atoms with Crippen LogP contribution in [0, 0.1) is 6.92 Å². The van der Waals surface area contributed by atoms with Gasteiger partial charge in [-0.2, -0.15) is 0 Å². The number of H-pyrrole nitrogens is 1. The van der Waals surface area contributed by atoms with Gasteiger partial charge in [0.15, 0.2) is 0 Å². The smallest absolute Gasteiger partial charge is 0.255 e. The van der Waals surface area contributed by atoms with Crippen molar-refractivity contribution in [2.24, 2.45) is 0 Å². The number of aromatic nitrogens is 1. The van der Waals surface area contributed by atoms with Gasteiger partial charge in [-0.05, 0) is 84.2 Å². The fourth-order valence-electron chi connectivity index (χ4n) is 5.16. The van der Waals surface area contributed by atoms with Crippen LogP contribution in [0.1, 0.15) is 66.9 Å². The highest BCUT2D eigenvalue weighted by Gasteiger charge is 2.24. The van der Waals surface area contributed by atoms with Crippen LogP contribution < -0.4 is 21.5 Å². The average molecular weight is 509 g/mol. The van der Waals surface area contributed by atoms with Gasteiger partial charge < -0.3 is 20.9 Å². The first-order chi connectivity index (χ1) is 18.3. The second kappa shape index (κ2) is 10.5. The molecule has 0 fully saturated rings. The minimum atomic E-state index is -0.684. The highest BCUT2D eigenvalue weighted by Crippen LogP contribution is 2.30. The highest BCUT2D eigenvalue weighted by molar-refractivity contribution is 5.91. The van der Waals surface area contributed by atoms with Crippen LogP contribution >= 0.6 is 0 Å². The first kappa shape index (κ1) is 25.3. The van der Waals surface area contributed by atoms with Crippen molar-refractivity contribution < 1.29 is 9.59 Å². The Bertz CT molecular complexity index is 1580. The van der Waals surface area contributed by atoms with Crippen molar-refractivity contribution in [2.45, 2.75) is 51.6 Å². The maximum Gasteiger partial charge on any atom is 0.255 e. The third kappa shape index (κ3) is 5.32. The molecule has 1 aromatic heterocycles. The zero-order valence-corrected chi connectivity index (χ0v) is 21.8. The van der Waals surface area contributed by atoms with Gasteiger partial charge in [0, 0.05) is 29.4 Å². The number of amides is 2. The van der Waals surface area contributed by atoms with Crippen molar-refractivity contribution in [2.75, 3.05) is 10.6 Å². The molecule has 4 N–H and O–H groups in total. The molecule has 38 heavy (non-hydrogen) atoms. The molecule has 6 rings (SSSR count). The van der Waals surface area contributed by atoms with Gasteiger partial charge in [-0.1, -0.05) is 43.3 Å². The number of aromatic amines is 1. The van der Waals surface area contributed by atoms with Crippen LogP contribution in [0.5, 0.6) is 0 Å². The Morgan fingerprint density at radius 2 is 1.74 bits per heavy atom. The number of carbonyl (C=O) groups is 2. The highest BCUT2D eigenvalue weighted by atomic mass is 16.2. The predicted octanol–water partition coefficient (Wildman–Crippen LogP) is 5.70. The van der Waals surface area contributed by atoms with E-state index in [0.717, 1.165) is 34.1 Å². The predicted molar refractivity (Wildman–Crippen MR) is 151 cm³/mol. The number of hydrogen-bond acceptors (Lipinski definition) is 4. The number of pyridine rings is 1. The Morgan fingerprint density at radius 1 is 0.895 bits per heavy atom. The van der Waals surface area contributed by atoms with Gasteiger partial charge in [-0.3, -0.25) is 14.4 Å². The first-order valence-corrected chi connectivity index (χ1v) is 13.0. The molecule has 2 aliphatic heterocycles. The topological polar surface area (TPSA) is 103 Å². The van der Waals surface area contributed by atoms with E-state index in [-0.39, 0.29) is 29.3 Å². The van der Waals surface area contributed by atoms with E-state index in [9.17, 15) is 14.4 Å². The van der Waals surface area contributed by atoms with Crippen molar-refractivity contribution >= 4 is 34.0 Å². The molecule has 0 saturated heterocycles. The van der Waals surface area contributed by atoms with Gasteiger partial charge >= 0.3 is 0 Å². The first-order valence-electron chi connectivity index (χ1n) is 13.0. The molecule has 0 radical (unpaired) electrons. The fraction of sp³-hybridized carbons (Fsp3) is 0.258. The van der Waals surface area contributed by atoms with Gasteiger partial charge in [0.1, 0.15) is 6.04 Å². The molecule has 7 heteroatoms. The van der Waals surface area contributed by atoms with Crippen LogP contribution in [0.2, 0.25) is 0 Å². The lowest BCUT2D eigenvalue weighted by Gasteiger charge is -2.25. The summed E-state index contributed by atoms with van der Waals surface area (Å²) in [5.41, 5.74) is 5.14. The number of hydrogen-bond donors (Lipinski definition) is 4. The van der Waals surface area contributed by atoms with Crippen molar-refractivity contribution in [3.8, 4) is 0 Å². The zero-order chi connectivity index (χ0) is 26.8. The summed E-state index contributed by atoms with van der Waals surface area (Å²) < 4.78 is 0. The molecule has 4 bridgehead atoms. The van der Waals surface area contributed by atoms with Crippen LogP contribution in [-0.4, -0.2) is 16.8 Å². The Hall–Kier alpha value is -4.39. The third-order valence-corrected chi connectivity index (χ3v) is 7.34. The lowest BCUT2D eigenvalue weighted by molar-refractivity contribution is -0.122. The quantitative estimate of drug-likeness (QED) is 0.279. The Morgan fingerprint density at radius 3 is 2.55 bits per heavy atom. The van der Waals surface area contributed by atoms with Crippen LogP contribution in [-0.2, 0) is 9.59 Å². The number of benzene rings is 3. The third-order valence-electron chi connectivity index (χ3n) is 7.34. The Balaban J connectivity index is 1.55. The molecular weight excluding hydrogens is 476 g/mol.